The molecule has 1 aliphatic rings. The molecule has 0 aromatic carbocycles. The smallest absolute Gasteiger partial charge is 0.151 e. The first-order valence-corrected chi connectivity index (χ1v) is 4.49. The number of epoxide rings is 1. The molecular weight excluding hydrogens is 140 g/mol. The molecule has 2 atom stereocenters. The third kappa shape index (κ3) is 3.02. The van der Waals surface area contributed by atoms with Gasteiger partial charge in [-0.15, -0.1) is 0 Å². The fourth-order valence-corrected chi connectivity index (χ4v) is 1.28. The Hall–Kier alpha value is -0.370. The SMILES string of the molecule is CCCCCC[C@H]1O[C@H]1C=O. The van der Waals surface area contributed by atoms with Crippen LogP contribution in [0.2, 0.25) is 0 Å². The predicted molar refractivity (Wildman–Crippen MR) is 43.5 cm³/mol. The summed E-state index contributed by atoms with van der Waals surface area (Å²) in [6.45, 7) is 2.20. The maximum absolute atomic E-state index is 10.1. The molecule has 1 fully saturated rings. The number of rotatable bonds is 6. The molecule has 0 bridgehead atoms. The summed E-state index contributed by atoms with van der Waals surface area (Å²) >= 11 is 0. The molecule has 0 unspecified atom stereocenters. The van der Waals surface area contributed by atoms with E-state index >= 15 is 0 Å². The first-order chi connectivity index (χ1) is 5.38. The van der Waals surface area contributed by atoms with Gasteiger partial charge in [-0.1, -0.05) is 32.6 Å². The minimum Gasteiger partial charge on any atom is -0.362 e. The molecule has 2 nitrogen and oxygen atoms in total. The summed E-state index contributed by atoms with van der Waals surface area (Å²) in [4.78, 5) is 10.1. The van der Waals surface area contributed by atoms with Crippen LogP contribution < -0.4 is 0 Å². The van der Waals surface area contributed by atoms with Crippen LogP contribution in [0, 0.1) is 0 Å². The van der Waals surface area contributed by atoms with Crippen LogP contribution in [0.5, 0.6) is 0 Å². The van der Waals surface area contributed by atoms with Crippen LogP contribution in [0.25, 0.3) is 0 Å². The third-order valence-electron chi connectivity index (χ3n) is 2.10. The largest absolute Gasteiger partial charge is 0.362 e. The Morgan fingerprint density at radius 1 is 1.36 bits per heavy atom. The molecule has 0 aromatic rings. The van der Waals surface area contributed by atoms with Crippen LogP contribution in [0.4, 0.5) is 0 Å². The molecule has 0 radical (unpaired) electrons. The quantitative estimate of drug-likeness (QED) is 0.334. The average molecular weight is 156 g/mol. The topological polar surface area (TPSA) is 29.6 Å². The number of hydrogen-bond acceptors (Lipinski definition) is 2. The summed E-state index contributed by atoms with van der Waals surface area (Å²) in [5.41, 5.74) is 0. The highest BCUT2D eigenvalue weighted by Crippen LogP contribution is 2.25. The van der Waals surface area contributed by atoms with E-state index in [-0.39, 0.29) is 12.2 Å². The molecule has 0 N–H and O–H groups in total. The van der Waals surface area contributed by atoms with E-state index < -0.39 is 0 Å². The van der Waals surface area contributed by atoms with Crippen molar-refractivity contribution in [2.75, 3.05) is 0 Å². The Labute approximate surface area is 67.9 Å². The second kappa shape index (κ2) is 4.50. The van der Waals surface area contributed by atoms with Gasteiger partial charge in [0.05, 0.1) is 6.10 Å². The van der Waals surface area contributed by atoms with E-state index in [1.165, 1.54) is 25.7 Å². The number of ether oxygens (including phenoxy) is 1. The van der Waals surface area contributed by atoms with Crippen LogP contribution in [0.1, 0.15) is 39.0 Å². The second-order valence-electron chi connectivity index (χ2n) is 3.12. The molecule has 0 spiro atoms. The lowest BCUT2D eigenvalue weighted by Crippen LogP contribution is -1.94. The average Bonchev–Trinajstić information content (AvgIpc) is 2.77. The van der Waals surface area contributed by atoms with Crippen molar-refractivity contribution in [3.8, 4) is 0 Å². The monoisotopic (exact) mass is 156 g/mol. The molecule has 1 heterocycles. The fourth-order valence-electron chi connectivity index (χ4n) is 1.28. The van der Waals surface area contributed by atoms with Crippen molar-refractivity contribution in [1.29, 1.82) is 0 Å². The predicted octanol–water partition coefficient (Wildman–Crippen LogP) is 1.92. The summed E-state index contributed by atoms with van der Waals surface area (Å²) in [5, 5.41) is 0. The van der Waals surface area contributed by atoms with Gasteiger partial charge >= 0.3 is 0 Å². The number of carbonyl (C=O) groups is 1. The van der Waals surface area contributed by atoms with Gasteiger partial charge in [0, 0.05) is 0 Å². The van der Waals surface area contributed by atoms with Gasteiger partial charge in [-0.2, -0.15) is 0 Å². The van der Waals surface area contributed by atoms with Gasteiger partial charge in [-0.25, -0.2) is 0 Å². The molecule has 1 aliphatic heterocycles. The molecule has 0 amide bonds. The lowest BCUT2D eigenvalue weighted by molar-refractivity contribution is -0.108. The van der Waals surface area contributed by atoms with Gasteiger partial charge in [0.2, 0.25) is 0 Å². The first-order valence-electron chi connectivity index (χ1n) is 4.49. The Morgan fingerprint density at radius 2 is 2.18 bits per heavy atom. The summed E-state index contributed by atoms with van der Waals surface area (Å²) in [7, 11) is 0. The van der Waals surface area contributed by atoms with E-state index in [1.54, 1.807) is 0 Å². The molecule has 2 heteroatoms. The Kier molecular flexibility index (Phi) is 3.57. The van der Waals surface area contributed by atoms with E-state index in [9.17, 15) is 4.79 Å². The summed E-state index contributed by atoms with van der Waals surface area (Å²) < 4.78 is 5.08. The molecule has 0 aromatic heterocycles. The fraction of sp³-hybridized carbons (Fsp3) is 0.889. The highest BCUT2D eigenvalue weighted by molar-refractivity contribution is 5.60. The summed E-state index contributed by atoms with van der Waals surface area (Å²) in [5.74, 6) is 0. The highest BCUT2D eigenvalue weighted by Gasteiger charge is 2.37. The van der Waals surface area contributed by atoms with E-state index in [2.05, 4.69) is 6.92 Å². The van der Waals surface area contributed by atoms with Gasteiger partial charge < -0.3 is 9.53 Å². The van der Waals surface area contributed by atoms with Crippen LogP contribution in [0.15, 0.2) is 0 Å². The maximum atomic E-state index is 10.1. The lowest BCUT2D eigenvalue weighted by atomic mass is 10.1. The molecule has 11 heavy (non-hydrogen) atoms. The van der Waals surface area contributed by atoms with Crippen LogP contribution >= 0.6 is 0 Å². The number of unbranched alkanes of at least 4 members (excludes halogenated alkanes) is 3. The van der Waals surface area contributed by atoms with Gasteiger partial charge in [0.25, 0.3) is 0 Å². The van der Waals surface area contributed by atoms with E-state index in [0.717, 1.165) is 12.7 Å². The van der Waals surface area contributed by atoms with Crippen LogP contribution in [0.3, 0.4) is 0 Å². The standard InChI is InChI=1S/C9H16O2/c1-2-3-4-5-6-8-9(7-10)11-8/h7-9H,2-6H2,1H3/t8-,9+/m1/s1. The van der Waals surface area contributed by atoms with Gasteiger partial charge in [-0.3, -0.25) is 0 Å². The minimum atomic E-state index is -0.0587. The maximum Gasteiger partial charge on any atom is 0.151 e. The molecule has 64 valence electrons. The van der Waals surface area contributed by atoms with E-state index in [4.69, 9.17) is 4.74 Å². The van der Waals surface area contributed by atoms with Crippen molar-refractivity contribution < 1.29 is 9.53 Å². The zero-order valence-corrected chi connectivity index (χ0v) is 7.08. The normalized spacial score (nSPS) is 28.5. The van der Waals surface area contributed by atoms with Crippen molar-refractivity contribution in [2.45, 2.75) is 51.2 Å². The van der Waals surface area contributed by atoms with Crippen molar-refractivity contribution in [3.05, 3.63) is 0 Å². The summed E-state index contributed by atoms with van der Waals surface area (Å²) in [6.07, 6.45) is 7.25. The Balaban J connectivity index is 1.85. The molecular formula is C9H16O2. The third-order valence-corrected chi connectivity index (χ3v) is 2.10. The first kappa shape index (κ1) is 8.72. The lowest BCUT2D eigenvalue weighted by Gasteiger charge is -1.94. The zero-order chi connectivity index (χ0) is 8.10. The van der Waals surface area contributed by atoms with Crippen LogP contribution in [-0.2, 0) is 9.53 Å². The number of hydrogen-bond donors (Lipinski definition) is 0. The van der Waals surface area contributed by atoms with Crippen molar-refractivity contribution >= 4 is 6.29 Å². The van der Waals surface area contributed by atoms with Gasteiger partial charge in [0.1, 0.15) is 6.10 Å². The second-order valence-corrected chi connectivity index (χ2v) is 3.12. The molecule has 0 saturated carbocycles. The highest BCUT2D eigenvalue weighted by atomic mass is 16.6. The van der Waals surface area contributed by atoms with Crippen LogP contribution in [-0.4, -0.2) is 18.5 Å². The number of carbonyl (C=O) groups excluding carboxylic acids is 1. The summed E-state index contributed by atoms with van der Waals surface area (Å²) in [6, 6.07) is 0. The zero-order valence-electron chi connectivity index (χ0n) is 7.08. The molecule has 1 saturated heterocycles. The van der Waals surface area contributed by atoms with Crippen molar-refractivity contribution in [1.82, 2.24) is 0 Å². The Morgan fingerprint density at radius 3 is 2.73 bits per heavy atom. The minimum absolute atomic E-state index is 0.0587. The van der Waals surface area contributed by atoms with E-state index in [0.29, 0.717) is 0 Å². The molecule has 1 rings (SSSR count). The van der Waals surface area contributed by atoms with Gasteiger partial charge in [0.15, 0.2) is 6.29 Å². The van der Waals surface area contributed by atoms with E-state index in [1.807, 2.05) is 0 Å². The van der Waals surface area contributed by atoms with Crippen molar-refractivity contribution in [2.24, 2.45) is 0 Å². The Bertz CT molecular complexity index is 123. The molecule has 0 aliphatic carbocycles. The van der Waals surface area contributed by atoms with Crippen molar-refractivity contribution in [3.63, 3.8) is 0 Å². The number of aldehydes is 1. The van der Waals surface area contributed by atoms with Gasteiger partial charge in [-0.05, 0) is 6.42 Å².